The normalized spacial score (nSPS) is 12.7. The van der Waals surface area contributed by atoms with Crippen LogP contribution in [0.5, 0.6) is 0 Å². The number of aromatic amines is 1. The quantitative estimate of drug-likeness (QED) is 0.855. The minimum absolute atomic E-state index is 0.0590. The number of halogens is 1. The zero-order valence-corrected chi connectivity index (χ0v) is 10.00. The fraction of sp³-hybridized carbons (Fsp3) is 0.308. The third-order valence-electron chi connectivity index (χ3n) is 2.63. The third kappa shape index (κ3) is 2.71. The lowest BCUT2D eigenvalue weighted by Crippen LogP contribution is -2.18. The van der Waals surface area contributed by atoms with Crippen LogP contribution in [0, 0.1) is 12.7 Å². The van der Waals surface area contributed by atoms with E-state index in [0.717, 1.165) is 17.1 Å². The van der Waals surface area contributed by atoms with E-state index in [1.54, 1.807) is 19.2 Å². The summed E-state index contributed by atoms with van der Waals surface area (Å²) in [6.45, 7) is 3.67. The number of rotatable bonds is 3. The number of nitrogens with zero attached hydrogens (tertiary/aromatic N) is 1. The van der Waals surface area contributed by atoms with E-state index in [-0.39, 0.29) is 11.9 Å². The monoisotopic (exact) mass is 233 g/mol. The van der Waals surface area contributed by atoms with Gasteiger partial charge in [0.25, 0.3) is 0 Å². The highest BCUT2D eigenvalue weighted by molar-refractivity contribution is 5.59. The van der Waals surface area contributed by atoms with E-state index in [9.17, 15) is 4.39 Å². The first-order valence-corrected chi connectivity index (χ1v) is 5.62. The number of hydrogen-bond acceptors (Lipinski definition) is 2. The van der Waals surface area contributed by atoms with E-state index < -0.39 is 0 Å². The van der Waals surface area contributed by atoms with Crippen molar-refractivity contribution >= 4 is 0 Å². The fourth-order valence-electron chi connectivity index (χ4n) is 1.68. The second-order valence-corrected chi connectivity index (χ2v) is 4.39. The van der Waals surface area contributed by atoms with Crippen molar-refractivity contribution in [1.29, 1.82) is 0 Å². The van der Waals surface area contributed by atoms with Gasteiger partial charge in [0.2, 0.25) is 0 Å². The molecule has 1 aromatic heterocycles. The summed E-state index contributed by atoms with van der Waals surface area (Å²) in [5, 5.41) is 0. The first-order chi connectivity index (χ1) is 8.06. The number of H-pyrrole nitrogens is 1. The molecule has 3 nitrogen and oxygen atoms in total. The molecule has 90 valence electrons. The second kappa shape index (κ2) is 4.67. The van der Waals surface area contributed by atoms with Gasteiger partial charge in [-0.05, 0) is 25.5 Å². The summed E-state index contributed by atoms with van der Waals surface area (Å²) in [6, 6.07) is 5.21. The number of benzene rings is 1. The molecule has 2 aromatic rings. The molecule has 2 rings (SSSR count). The van der Waals surface area contributed by atoms with Crippen molar-refractivity contribution in [2.45, 2.75) is 26.3 Å². The van der Waals surface area contributed by atoms with Crippen LogP contribution in [-0.4, -0.2) is 16.0 Å². The largest absolute Gasteiger partial charge is 0.342 e. The van der Waals surface area contributed by atoms with Crippen molar-refractivity contribution in [2.24, 2.45) is 5.73 Å². The lowest BCUT2D eigenvalue weighted by Gasteiger charge is -2.02. The molecule has 3 N–H and O–H groups in total. The Hall–Kier alpha value is -1.68. The van der Waals surface area contributed by atoms with Crippen molar-refractivity contribution in [3.63, 3.8) is 0 Å². The smallest absolute Gasteiger partial charge is 0.126 e. The molecule has 0 aliphatic heterocycles. The Kier molecular flexibility index (Phi) is 3.24. The van der Waals surface area contributed by atoms with E-state index in [1.807, 2.05) is 13.0 Å². The predicted octanol–water partition coefficient (Wildman–Crippen LogP) is 2.41. The Morgan fingerprint density at radius 3 is 2.88 bits per heavy atom. The van der Waals surface area contributed by atoms with E-state index in [1.165, 1.54) is 6.07 Å². The van der Waals surface area contributed by atoms with Gasteiger partial charge in [0.15, 0.2) is 0 Å². The Bertz CT molecular complexity index is 517. The van der Waals surface area contributed by atoms with Gasteiger partial charge >= 0.3 is 0 Å². The van der Waals surface area contributed by atoms with Gasteiger partial charge in [-0.25, -0.2) is 9.37 Å². The van der Waals surface area contributed by atoms with Crippen molar-refractivity contribution < 1.29 is 4.39 Å². The fourth-order valence-corrected chi connectivity index (χ4v) is 1.68. The number of aromatic nitrogens is 2. The maximum atomic E-state index is 13.4. The number of aryl methyl sites for hydroxylation is 1. The van der Waals surface area contributed by atoms with E-state index in [0.29, 0.717) is 12.0 Å². The molecule has 0 spiro atoms. The minimum atomic E-state index is -0.203. The van der Waals surface area contributed by atoms with Gasteiger partial charge in [-0.15, -0.1) is 0 Å². The SMILES string of the molecule is Cc1ccc(-c2cnc(CC(C)N)[nH]2)cc1F. The summed E-state index contributed by atoms with van der Waals surface area (Å²) in [5.41, 5.74) is 7.96. The molecule has 0 aliphatic rings. The number of nitrogens with two attached hydrogens (primary N) is 1. The molecular formula is C13H16FN3. The van der Waals surface area contributed by atoms with Crippen LogP contribution in [0.25, 0.3) is 11.3 Å². The molecule has 0 saturated carbocycles. The molecule has 1 unspecified atom stereocenters. The van der Waals surface area contributed by atoms with Gasteiger partial charge in [-0.2, -0.15) is 0 Å². The highest BCUT2D eigenvalue weighted by Crippen LogP contribution is 2.20. The Morgan fingerprint density at radius 1 is 1.47 bits per heavy atom. The predicted molar refractivity (Wildman–Crippen MR) is 66.1 cm³/mol. The summed E-state index contributed by atoms with van der Waals surface area (Å²) >= 11 is 0. The lowest BCUT2D eigenvalue weighted by atomic mass is 10.1. The van der Waals surface area contributed by atoms with E-state index in [4.69, 9.17) is 5.73 Å². The highest BCUT2D eigenvalue weighted by Gasteiger charge is 2.07. The molecule has 1 heterocycles. The number of hydrogen-bond donors (Lipinski definition) is 2. The van der Waals surface area contributed by atoms with E-state index in [2.05, 4.69) is 9.97 Å². The highest BCUT2D eigenvalue weighted by atomic mass is 19.1. The summed E-state index contributed by atoms with van der Waals surface area (Å²) in [4.78, 5) is 7.38. The molecule has 0 amide bonds. The van der Waals surface area contributed by atoms with Gasteiger partial charge in [-0.3, -0.25) is 0 Å². The van der Waals surface area contributed by atoms with Gasteiger partial charge < -0.3 is 10.7 Å². The average molecular weight is 233 g/mol. The topological polar surface area (TPSA) is 54.7 Å². The van der Waals surface area contributed by atoms with Crippen LogP contribution in [0.2, 0.25) is 0 Å². The Labute approximate surface area is 99.9 Å². The van der Waals surface area contributed by atoms with Gasteiger partial charge in [0, 0.05) is 18.0 Å². The van der Waals surface area contributed by atoms with Crippen LogP contribution in [-0.2, 0) is 6.42 Å². The first-order valence-electron chi connectivity index (χ1n) is 5.62. The Balaban J connectivity index is 2.27. The lowest BCUT2D eigenvalue weighted by molar-refractivity contribution is 0.619. The van der Waals surface area contributed by atoms with Crippen LogP contribution in [0.3, 0.4) is 0 Å². The minimum Gasteiger partial charge on any atom is -0.342 e. The molecule has 4 heteroatoms. The molecule has 0 radical (unpaired) electrons. The molecule has 0 fully saturated rings. The summed E-state index contributed by atoms with van der Waals surface area (Å²) in [7, 11) is 0. The number of nitrogens with one attached hydrogen (secondary N) is 1. The van der Waals surface area contributed by atoms with Crippen molar-refractivity contribution in [1.82, 2.24) is 9.97 Å². The van der Waals surface area contributed by atoms with Crippen LogP contribution >= 0.6 is 0 Å². The van der Waals surface area contributed by atoms with Gasteiger partial charge in [0.05, 0.1) is 11.9 Å². The van der Waals surface area contributed by atoms with Crippen molar-refractivity contribution in [2.75, 3.05) is 0 Å². The zero-order valence-electron chi connectivity index (χ0n) is 10.00. The van der Waals surface area contributed by atoms with Crippen LogP contribution in [0.4, 0.5) is 4.39 Å². The van der Waals surface area contributed by atoms with Crippen LogP contribution in [0.15, 0.2) is 24.4 Å². The molecule has 1 aromatic carbocycles. The second-order valence-electron chi connectivity index (χ2n) is 4.39. The molecule has 0 aliphatic carbocycles. The summed E-state index contributed by atoms with van der Waals surface area (Å²) in [6.07, 6.45) is 2.40. The van der Waals surface area contributed by atoms with E-state index >= 15 is 0 Å². The molecular weight excluding hydrogens is 217 g/mol. The number of imidazole rings is 1. The van der Waals surface area contributed by atoms with Gasteiger partial charge in [0.1, 0.15) is 11.6 Å². The van der Waals surface area contributed by atoms with Crippen molar-refractivity contribution in [3.05, 3.63) is 41.6 Å². The maximum Gasteiger partial charge on any atom is 0.126 e. The van der Waals surface area contributed by atoms with Crippen LogP contribution < -0.4 is 5.73 Å². The molecule has 0 saturated heterocycles. The summed E-state index contributed by atoms with van der Waals surface area (Å²) in [5.74, 6) is 0.627. The van der Waals surface area contributed by atoms with Crippen LogP contribution in [0.1, 0.15) is 18.3 Å². The van der Waals surface area contributed by atoms with Gasteiger partial charge in [-0.1, -0.05) is 12.1 Å². The third-order valence-corrected chi connectivity index (χ3v) is 2.63. The molecule has 0 bridgehead atoms. The van der Waals surface area contributed by atoms with Crippen molar-refractivity contribution in [3.8, 4) is 11.3 Å². The molecule has 17 heavy (non-hydrogen) atoms. The standard InChI is InChI=1S/C13H16FN3/c1-8-3-4-10(6-11(8)14)12-7-16-13(17-12)5-9(2)15/h3-4,6-7,9H,5,15H2,1-2H3,(H,16,17). The Morgan fingerprint density at radius 2 is 2.24 bits per heavy atom. The molecule has 1 atom stereocenters. The summed E-state index contributed by atoms with van der Waals surface area (Å²) < 4.78 is 13.4. The zero-order chi connectivity index (χ0) is 12.4. The maximum absolute atomic E-state index is 13.4. The first kappa shape index (κ1) is 11.8. The average Bonchev–Trinajstić information content (AvgIpc) is 2.69.